The van der Waals surface area contributed by atoms with Gasteiger partial charge >= 0.3 is 19.8 Å². The Bertz CT molecular complexity index is 1070. The zero-order chi connectivity index (χ0) is 37.5. The molecule has 0 saturated heterocycles. The highest BCUT2D eigenvalue weighted by molar-refractivity contribution is 7.47. The lowest BCUT2D eigenvalue weighted by Crippen LogP contribution is -2.29. The predicted molar refractivity (Wildman–Crippen MR) is 210 cm³/mol. The zero-order valence-electron chi connectivity index (χ0n) is 31.8. The Balaban J connectivity index is 4.08. The van der Waals surface area contributed by atoms with Crippen molar-refractivity contribution in [2.75, 3.05) is 26.4 Å². The van der Waals surface area contributed by atoms with Crippen LogP contribution in [-0.4, -0.2) is 49.3 Å². The fourth-order valence-electron chi connectivity index (χ4n) is 4.75. The number of esters is 2. The molecule has 0 heterocycles. The topological polar surface area (TPSA) is 134 Å². The maximum absolute atomic E-state index is 12.5. The van der Waals surface area contributed by atoms with E-state index in [1.54, 1.807) is 0 Å². The molecule has 0 bridgehead atoms. The summed E-state index contributed by atoms with van der Waals surface area (Å²) in [7, 11) is -4.37. The van der Waals surface area contributed by atoms with Gasteiger partial charge < -0.3 is 20.1 Å². The van der Waals surface area contributed by atoms with Gasteiger partial charge in [-0.1, -0.05) is 138 Å². The molecule has 292 valence electrons. The van der Waals surface area contributed by atoms with Crippen LogP contribution < -0.4 is 5.73 Å². The molecule has 0 amide bonds. The van der Waals surface area contributed by atoms with E-state index in [0.717, 1.165) is 109 Å². The van der Waals surface area contributed by atoms with Crippen LogP contribution in [0.25, 0.3) is 0 Å². The molecule has 3 N–H and O–H groups in total. The molecule has 0 aromatic rings. The average Bonchev–Trinajstić information content (AvgIpc) is 3.11. The Kier molecular flexibility index (Phi) is 35.4. The Labute approximate surface area is 310 Å². The van der Waals surface area contributed by atoms with Gasteiger partial charge in [-0.2, -0.15) is 0 Å². The van der Waals surface area contributed by atoms with Gasteiger partial charge in [0.25, 0.3) is 0 Å². The summed E-state index contributed by atoms with van der Waals surface area (Å²) in [6.07, 6.45) is 44.1. The largest absolute Gasteiger partial charge is 0.472 e. The Morgan fingerprint density at radius 2 is 1.08 bits per heavy atom. The van der Waals surface area contributed by atoms with Crippen molar-refractivity contribution in [2.45, 2.75) is 148 Å². The Morgan fingerprint density at radius 3 is 1.61 bits per heavy atom. The minimum Gasteiger partial charge on any atom is -0.462 e. The number of rotatable bonds is 35. The van der Waals surface area contributed by atoms with Gasteiger partial charge in [0.1, 0.15) is 6.61 Å². The van der Waals surface area contributed by atoms with Crippen molar-refractivity contribution in [1.29, 1.82) is 0 Å². The summed E-state index contributed by atoms with van der Waals surface area (Å²) in [5.41, 5.74) is 5.31. The maximum atomic E-state index is 12.5. The molecule has 0 aliphatic heterocycles. The molecule has 0 saturated carbocycles. The predicted octanol–water partition coefficient (Wildman–Crippen LogP) is 10.7. The van der Waals surface area contributed by atoms with Crippen LogP contribution in [0.2, 0.25) is 0 Å². The fourth-order valence-corrected chi connectivity index (χ4v) is 5.52. The zero-order valence-corrected chi connectivity index (χ0v) is 32.7. The molecule has 0 aromatic carbocycles. The second-order valence-corrected chi connectivity index (χ2v) is 13.9. The number of hydrogen-bond donors (Lipinski definition) is 2. The third kappa shape index (κ3) is 37.0. The smallest absolute Gasteiger partial charge is 0.462 e. The molecule has 0 fully saturated rings. The normalized spacial score (nSPS) is 14.2. The summed E-state index contributed by atoms with van der Waals surface area (Å²) in [5.74, 6) is -0.868. The minimum absolute atomic E-state index is 0.0473. The molecule has 0 spiro atoms. The standard InChI is InChI=1S/C41H70NO8P/c1-3-5-7-9-10-11-12-13-14-15-16-17-18-19-20-21-22-23-24-25-26-27-28-30-32-34-41(44)50-39(38-49-51(45,46)48-36-35-42)37-47-40(43)33-31-29-8-6-4-2/h5,7,10-11,13-14,16-17,19-20,22-23,39H,3-4,6,8-9,12,15,18,21,24-38,42H2,1-2H3,(H,45,46)/b7-5-,11-10-,14-13-,17-16-,20-19-,23-22-. The Morgan fingerprint density at radius 1 is 0.608 bits per heavy atom. The maximum Gasteiger partial charge on any atom is 0.472 e. The molecule has 0 radical (unpaired) electrons. The van der Waals surface area contributed by atoms with Crippen molar-refractivity contribution in [3.8, 4) is 0 Å². The number of phosphoric ester groups is 1. The third-order valence-corrected chi connectivity index (χ3v) is 8.59. The van der Waals surface area contributed by atoms with Crippen LogP contribution in [0.5, 0.6) is 0 Å². The first-order chi connectivity index (χ1) is 24.8. The number of allylic oxidation sites excluding steroid dienone is 12. The van der Waals surface area contributed by atoms with Crippen molar-refractivity contribution in [3.63, 3.8) is 0 Å². The summed E-state index contributed by atoms with van der Waals surface area (Å²) >= 11 is 0. The van der Waals surface area contributed by atoms with E-state index in [0.29, 0.717) is 6.42 Å². The van der Waals surface area contributed by atoms with Crippen LogP contribution in [0.1, 0.15) is 142 Å². The van der Waals surface area contributed by atoms with Crippen LogP contribution in [0, 0.1) is 0 Å². The molecule has 2 atom stereocenters. The van der Waals surface area contributed by atoms with Gasteiger partial charge in [0.05, 0.1) is 13.2 Å². The summed E-state index contributed by atoms with van der Waals surface area (Å²) in [6.45, 7) is 3.47. The number of hydrogen-bond acceptors (Lipinski definition) is 8. The van der Waals surface area contributed by atoms with Crippen molar-refractivity contribution in [2.24, 2.45) is 5.73 Å². The second-order valence-electron chi connectivity index (χ2n) is 12.4. The number of nitrogens with two attached hydrogens (primary N) is 1. The first kappa shape index (κ1) is 48.5. The SMILES string of the molecule is CC/C=C\C/C=C\C/C=C\C/C=C\C/C=C\C/C=C\CCCCCCCCC(=O)OC(COC(=O)CCCCCCC)COP(=O)(O)OCCN. The third-order valence-electron chi connectivity index (χ3n) is 7.61. The number of carbonyl (C=O) groups is 2. The number of ether oxygens (including phenoxy) is 2. The number of phosphoric acid groups is 1. The fraction of sp³-hybridized carbons (Fsp3) is 0.659. The second kappa shape index (κ2) is 37.2. The summed E-state index contributed by atoms with van der Waals surface area (Å²) in [6, 6.07) is 0. The number of carbonyl (C=O) groups excluding carboxylic acids is 2. The molecule has 2 unspecified atom stereocenters. The van der Waals surface area contributed by atoms with E-state index in [-0.39, 0.29) is 32.6 Å². The molecule has 0 aliphatic rings. The average molecular weight is 736 g/mol. The monoisotopic (exact) mass is 735 g/mol. The highest BCUT2D eigenvalue weighted by Crippen LogP contribution is 2.43. The van der Waals surface area contributed by atoms with Crippen LogP contribution in [0.3, 0.4) is 0 Å². The van der Waals surface area contributed by atoms with Gasteiger partial charge in [-0.25, -0.2) is 4.57 Å². The van der Waals surface area contributed by atoms with E-state index in [4.69, 9.17) is 24.3 Å². The molecule has 51 heavy (non-hydrogen) atoms. The van der Waals surface area contributed by atoms with E-state index < -0.39 is 32.5 Å². The van der Waals surface area contributed by atoms with E-state index in [2.05, 4.69) is 86.8 Å². The molecular weight excluding hydrogens is 665 g/mol. The Hall–Kier alpha value is -2.55. The van der Waals surface area contributed by atoms with Gasteiger partial charge in [-0.15, -0.1) is 0 Å². The van der Waals surface area contributed by atoms with Crippen LogP contribution in [-0.2, 0) is 32.7 Å². The van der Waals surface area contributed by atoms with Gasteiger partial charge in [-0.05, 0) is 64.2 Å². The van der Waals surface area contributed by atoms with Crippen molar-refractivity contribution >= 4 is 19.8 Å². The molecule has 0 rings (SSSR count). The van der Waals surface area contributed by atoms with E-state index >= 15 is 0 Å². The highest BCUT2D eigenvalue weighted by Gasteiger charge is 2.25. The minimum atomic E-state index is -4.37. The van der Waals surface area contributed by atoms with Crippen LogP contribution >= 0.6 is 7.82 Å². The quantitative estimate of drug-likeness (QED) is 0.0282. The number of unbranched alkanes of at least 4 members (excludes halogenated alkanes) is 10. The molecule has 10 heteroatoms. The molecule has 9 nitrogen and oxygen atoms in total. The lowest BCUT2D eigenvalue weighted by molar-refractivity contribution is -0.161. The van der Waals surface area contributed by atoms with Crippen molar-refractivity contribution in [1.82, 2.24) is 0 Å². The van der Waals surface area contributed by atoms with Gasteiger partial charge in [0.15, 0.2) is 6.10 Å². The van der Waals surface area contributed by atoms with E-state index in [9.17, 15) is 19.0 Å². The van der Waals surface area contributed by atoms with Gasteiger partial charge in [-0.3, -0.25) is 18.6 Å². The first-order valence-electron chi connectivity index (χ1n) is 19.4. The van der Waals surface area contributed by atoms with E-state index in [1.807, 2.05) is 0 Å². The van der Waals surface area contributed by atoms with Gasteiger partial charge in [0.2, 0.25) is 0 Å². The summed E-state index contributed by atoms with van der Waals surface area (Å²) < 4.78 is 32.4. The van der Waals surface area contributed by atoms with Crippen molar-refractivity contribution in [3.05, 3.63) is 72.9 Å². The lowest BCUT2D eigenvalue weighted by Gasteiger charge is -2.19. The molecule has 0 aromatic heterocycles. The van der Waals surface area contributed by atoms with Crippen molar-refractivity contribution < 1.29 is 37.6 Å². The summed E-state index contributed by atoms with van der Waals surface area (Å²) in [4.78, 5) is 34.4. The van der Waals surface area contributed by atoms with Crippen LogP contribution in [0.15, 0.2) is 72.9 Å². The highest BCUT2D eigenvalue weighted by atomic mass is 31.2. The lowest BCUT2D eigenvalue weighted by atomic mass is 10.1. The van der Waals surface area contributed by atoms with E-state index in [1.165, 1.54) is 0 Å². The van der Waals surface area contributed by atoms with Crippen LogP contribution in [0.4, 0.5) is 0 Å². The molecular formula is C41H70NO8P. The summed E-state index contributed by atoms with van der Waals surface area (Å²) in [5, 5.41) is 0. The first-order valence-corrected chi connectivity index (χ1v) is 20.9. The van der Waals surface area contributed by atoms with Gasteiger partial charge in [0, 0.05) is 19.4 Å². The molecule has 0 aliphatic carbocycles.